The number of carboxylic acid groups (broad SMARTS) is 1. The Morgan fingerprint density at radius 1 is 1.47 bits per heavy atom. The second-order valence-corrected chi connectivity index (χ2v) is 4.20. The number of carboxylic acids is 1. The molecule has 5 nitrogen and oxygen atoms in total. The predicted octanol–water partition coefficient (Wildman–Crippen LogP) is 1.62. The fourth-order valence-corrected chi connectivity index (χ4v) is 1.81. The predicted molar refractivity (Wildman–Crippen MR) is 70.6 cm³/mol. The summed E-state index contributed by atoms with van der Waals surface area (Å²) >= 11 is 3.12. The monoisotopic (exact) mass is 324 g/mol. The fraction of sp³-hybridized carbons (Fsp3) is 0.300. The van der Waals surface area contributed by atoms with Gasteiger partial charge in [0.2, 0.25) is 0 Å². The molecule has 0 unspecified atom stereocenters. The summed E-state index contributed by atoms with van der Waals surface area (Å²) in [5.74, 6) is -1.26. The third-order valence-corrected chi connectivity index (χ3v) is 2.89. The first kappa shape index (κ1) is 16.2. The topological polar surface area (TPSA) is 110 Å². The number of aromatic carboxylic acids is 1. The van der Waals surface area contributed by atoms with Gasteiger partial charge in [-0.3, -0.25) is 0 Å². The second-order valence-electron chi connectivity index (χ2n) is 3.35. The number of phenolic OH excluding ortho intramolecular Hbond substituents is 1. The number of hydrogen-bond donors (Lipinski definition) is 4. The van der Waals surface area contributed by atoms with Gasteiger partial charge < -0.3 is 21.7 Å². The fourth-order valence-electron chi connectivity index (χ4n) is 1.47. The quantitative estimate of drug-likeness (QED) is 0.672. The molecule has 0 spiro atoms. The van der Waals surface area contributed by atoms with Crippen LogP contribution in [0.25, 0.3) is 0 Å². The van der Waals surface area contributed by atoms with Gasteiger partial charge in [-0.1, -0.05) is 0 Å². The van der Waals surface area contributed by atoms with Gasteiger partial charge in [0.05, 0.1) is 10.0 Å². The van der Waals surface area contributed by atoms with Crippen molar-refractivity contribution in [2.45, 2.75) is 12.5 Å². The van der Waals surface area contributed by atoms with E-state index in [1.54, 1.807) is 0 Å². The molecular weight excluding hydrogens is 311 g/mol. The summed E-state index contributed by atoms with van der Waals surface area (Å²) in [6.07, 6.45) is 0.407. The minimum absolute atomic E-state index is 0. The Hall–Kier alpha value is -0.820. The number of phenols is 1. The maximum Gasteiger partial charge on any atom is 0.336 e. The standard InChI is InChI=1S/C10H13BrN2O3.ClH/c11-6-2-1-5(10(15)16)8(9(6)14)7(13)3-4-12;/h1-2,7,14H,3-4,12-13H2,(H,15,16);1H/t7-;/m0./s1. The zero-order chi connectivity index (χ0) is 12.3. The molecule has 1 atom stereocenters. The van der Waals surface area contributed by atoms with Crippen LogP contribution >= 0.6 is 28.3 Å². The van der Waals surface area contributed by atoms with Crippen molar-refractivity contribution in [1.82, 2.24) is 0 Å². The minimum atomic E-state index is -1.12. The molecule has 0 saturated heterocycles. The highest BCUT2D eigenvalue weighted by molar-refractivity contribution is 9.10. The van der Waals surface area contributed by atoms with E-state index in [2.05, 4.69) is 15.9 Å². The van der Waals surface area contributed by atoms with Crippen molar-refractivity contribution in [3.05, 3.63) is 27.7 Å². The number of nitrogens with two attached hydrogens (primary N) is 2. The first-order chi connectivity index (χ1) is 7.49. The maximum atomic E-state index is 11.0. The maximum absolute atomic E-state index is 11.0. The summed E-state index contributed by atoms with van der Waals surface area (Å²) in [7, 11) is 0. The molecule has 7 heteroatoms. The number of carbonyl (C=O) groups is 1. The van der Waals surface area contributed by atoms with Gasteiger partial charge in [-0.05, 0) is 41.0 Å². The van der Waals surface area contributed by atoms with Gasteiger partial charge in [0, 0.05) is 11.6 Å². The van der Waals surface area contributed by atoms with E-state index in [4.69, 9.17) is 16.6 Å². The van der Waals surface area contributed by atoms with Gasteiger partial charge in [-0.25, -0.2) is 4.79 Å². The largest absolute Gasteiger partial charge is 0.506 e. The lowest BCUT2D eigenvalue weighted by Crippen LogP contribution is -2.18. The highest BCUT2D eigenvalue weighted by Crippen LogP contribution is 2.34. The van der Waals surface area contributed by atoms with Crippen molar-refractivity contribution in [2.24, 2.45) is 11.5 Å². The third-order valence-electron chi connectivity index (χ3n) is 2.25. The van der Waals surface area contributed by atoms with Crippen molar-refractivity contribution >= 4 is 34.3 Å². The molecule has 17 heavy (non-hydrogen) atoms. The van der Waals surface area contributed by atoms with Crippen LogP contribution in [0.2, 0.25) is 0 Å². The van der Waals surface area contributed by atoms with Gasteiger partial charge in [-0.2, -0.15) is 0 Å². The summed E-state index contributed by atoms with van der Waals surface area (Å²) < 4.78 is 0.417. The van der Waals surface area contributed by atoms with Crippen molar-refractivity contribution in [1.29, 1.82) is 0 Å². The average Bonchev–Trinajstić information content (AvgIpc) is 2.21. The average molecular weight is 326 g/mol. The normalized spacial score (nSPS) is 11.7. The molecule has 0 bridgehead atoms. The van der Waals surface area contributed by atoms with Crippen LogP contribution in [-0.4, -0.2) is 22.7 Å². The first-order valence-electron chi connectivity index (χ1n) is 4.69. The summed E-state index contributed by atoms with van der Waals surface area (Å²) in [4.78, 5) is 11.0. The van der Waals surface area contributed by atoms with Crippen molar-refractivity contribution < 1.29 is 15.0 Å². The molecule has 6 N–H and O–H groups in total. The van der Waals surface area contributed by atoms with Crippen LogP contribution in [0.1, 0.15) is 28.4 Å². The summed E-state index contributed by atoms with van der Waals surface area (Å²) in [5, 5.41) is 18.8. The number of halogens is 2. The molecule has 0 aliphatic rings. The molecule has 96 valence electrons. The molecule has 1 aromatic carbocycles. The molecule has 0 heterocycles. The zero-order valence-electron chi connectivity index (χ0n) is 8.89. The lowest BCUT2D eigenvalue weighted by atomic mass is 9.97. The van der Waals surface area contributed by atoms with Crippen molar-refractivity contribution in [3.8, 4) is 5.75 Å². The van der Waals surface area contributed by atoms with Gasteiger partial charge >= 0.3 is 5.97 Å². The molecule has 0 aliphatic heterocycles. The molecule has 0 amide bonds. The number of hydrogen-bond acceptors (Lipinski definition) is 4. The Morgan fingerprint density at radius 3 is 2.53 bits per heavy atom. The van der Waals surface area contributed by atoms with Gasteiger partial charge in [0.15, 0.2) is 0 Å². The number of rotatable bonds is 4. The van der Waals surface area contributed by atoms with Crippen LogP contribution in [0.5, 0.6) is 5.75 Å². The van der Waals surface area contributed by atoms with Gasteiger partial charge in [-0.15, -0.1) is 12.4 Å². The Kier molecular flexibility index (Phi) is 6.48. The van der Waals surface area contributed by atoms with Crippen LogP contribution < -0.4 is 11.5 Å². The lowest BCUT2D eigenvalue weighted by Gasteiger charge is -2.16. The van der Waals surface area contributed by atoms with E-state index >= 15 is 0 Å². The molecular formula is C10H14BrClN2O3. The Labute approximate surface area is 113 Å². The van der Waals surface area contributed by atoms with Crippen molar-refractivity contribution in [2.75, 3.05) is 6.54 Å². The van der Waals surface area contributed by atoms with Crippen LogP contribution in [0.15, 0.2) is 16.6 Å². The van der Waals surface area contributed by atoms with Crippen molar-refractivity contribution in [3.63, 3.8) is 0 Å². The van der Waals surface area contributed by atoms with Crippen LogP contribution in [0.3, 0.4) is 0 Å². The van der Waals surface area contributed by atoms with E-state index < -0.39 is 12.0 Å². The smallest absolute Gasteiger partial charge is 0.336 e. The van der Waals surface area contributed by atoms with Crippen LogP contribution in [0, 0.1) is 0 Å². The van der Waals surface area contributed by atoms with E-state index in [0.717, 1.165) is 0 Å². The summed E-state index contributed by atoms with van der Waals surface area (Å²) in [6, 6.07) is 2.28. The molecule has 0 fully saturated rings. The van der Waals surface area contributed by atoms with E-state index in [-0.39, 0.29) is 29.3 Å². The molecule has 1 aromatic rings. The molecule has 0 saturated carbocycles. The molecule has 0 aliphatic carbocycles. The molecule has 1 rings (SSSR count). The zero-order valence-corrected chi connectivity index (χ0v) is 11.3. The van der Waals surface area contributed by atoms with Gasteiger partial charge in [0.25, 0.3) is 0 Å². The second kappa shape index (κ2) is 6.80. The number of benzene rings is 1. The molecule has 0 aromatic heterocycles. The minimum Gasteiger partial charge on any atom is -0.506 e. The van der Waals surface area contributed by atoms with E-state index in [9.17, 15) is 9.90 Å². The van der Waals surface area contributed by atoms with Crippen LogP contribution in [0.4, 0.5) is 0 Å². The highest BCUT2D eigenvalue weighted by atomic mass is 79.9. The van der Waals surface area contributed by atoms with E-state index in [0.29, 0.717) is 17.4 Å². The van der Waals surface area contributed by atoms with Crippen LogP contribution in [-0.2, 0) is 0 Å². The van der Waals surface area contributed by atoms with E-state index in [1.165, 1.54) is 12.1 Å². The highest BCUT2D eigenvalue weighted by Gasteiger charge is 2.21. The Balaban J connectivity index is 0.00000256. The summed E-state index contributed by atoms with van der Waals surface area (Å²) in [5.41, 5.74) is 11.4. The Morgan fingerprint density at radius 2 is 2.06 bits per heavy atom. The third kappa shape index (κ3) is 3.57. The Bertz CT molecular complexity index is 415. The molecule has 0 radical (unpaired) electrons. The summed E-state index contributed by atoms with van der Waals surface area (Å²) in [6.45, 7) is 0.326. The van der Waals surface area contributed by atoms with E-state index in [1.807, 2.05) is 0 Å². The first-order valence-corrected chi connectivity index (χ1v) is 5.48. The lowest BCUT2D eigenvalue weighted by molar-refractivity contribution is 0.0694. The number of aromatic hydroxyl groups is 1. The SMILES string of the molecule is Cl.NCC[C@H](N)c1c(C(=O)O)ccc(Br)c1O. The van der Waals surface area contributed by atoms with Gasteiger partial charge in [0.1, 0.15) is 5.75 Å².